The van der Waals surface area contributed by atoms with E-state index in [1.165, 1.54) is 4.90 Å². The number of pyridine rings is 1. The van der Waals surface area contributed by atoms with E-state index in [0.717, 1.165) is 21.5 Å². The Balaban J connectivity index is 1.86. The molecule has 0 spiro atoms. The highest BCUT2D eigenvalue weighted by Gasteiger charge is 2.17. The van der Waals surface area contributed by atoms with Gasteiger partial charge in [0.25, 0.3) is 0 Å². The van der Waals surface area contributed by atoms with E-state index < -0.39 is 17.5 Å². The van der Waals surface area contributed by atoms with Gasteiger partial charge in [-0.15, -0.1) is 0 Å². The topological polar surface area (TPSA) is 16.1 Å². The maximum absolute atomic E-state index is 14.0. The van der Waals surface area contributed by atoms with E-state index in [1.807, 2.05) is 30.3 Å². The Morgan fingerprint density at radius 1 is 0.800 bits per heavy atom. The molecule has 0 amide bonds. The number of benzene rings is 3. The molecule has 124 valence electrons. The number of rotatable bonds is 2. The van der Waals surface area contributed by atoms with Gasteiger partial charge in [-0.25, -0.2) is 13.2 Å². The zero-order chi connectivity index (χ0) is 17.6. The van der Waals surface area contributed by atoms with Gasteiger partial charge in [-0.1, -0.05) is 18.2 Å². The molecular formula is C20H13F3N2. The first-order chi connectivity index (χ1) is 12.0. The smallest absolute Gasteiger partial charge is 0.152 e. The molecule has 0 bridgehead atoms. The van der Waals surface area contributed by atoms with Crippen LogP contribution in [0.15, 0.2) is 60.9 Å². The number of hydrogen-bond acceptors (Lipinski definition) is 2. The lowest BCUT2D eigenvalue weighted by molar-refractivity contribution is 0.544. The van der Waals surface area contributed by atoms with E-state index in [4.69, 9.17) is 0 Å². The molecule has 0 fully saturated rings. The van der Waals surface area contributed by atoms with Crippen molar-refractivity contribution in [3.63, 3.8) is 0 Å². The van der Waals surface area contributed by atoms with Gasteiger partial charge in [0.05, 0.1) is 0 Å². The second-order valence-electron chi connectivity index (χ2n) is 5.84. The van der Waals surface area contributed by atoms with Crippen LogP contribution in [0.3, 0.4) is 0 Å². The van der Waals surface area contributed by atoms with Crippen molar-refractivity contribution >= 4 is 32.9 Å². The van der Waals surface area contributed by atoms with Crippen molar-refractivity contribution in [1.29, 1.82) is 0 Å². The third kappa shape index (κ3) is 2.58. The normalized spacial score (nSPS) is 11.2. The minimum absolute atomic E-state index is 0.289. The number of halogens is 3. The van der Waals surface area contributed by atoms with Crippen LogP contribution in [0, 0.1) is 17.5 Å². The van der Waals surface area contributed by atoms with Gasteiger partial charge in [0.1, 0.15) is 11.5 Å². The van der Waals surface area contributed by atoms with Gasteiger partial charge in [0, 0.05) is 42.6 Å². The first kappa shape index (κ1) is 15.4. The van der Waals surface area contributed by atoms with Crippen LogP contribution in [0.25, 0.3) is 21.5 Å². The lowest BCUT2D eigenvalue weighted by Gasteiger charge is -2.21. The lowest BCUT2D eigenvalue weighted by atomic mass is 10.0. The van der Waals surface area contributed by atoms with E-state index in [1.54, 1.807) is 25.5 Å². The molecule has 5 heteroatoms. The van der Waals surface area contributed by atoms with Crippen LogP contribution < -0.4 is 4.90 Å². The molecule has 0 aliphatic heterocycles. The lowest BCUT2D eigenvalue weighted by Crippen LogP contribution is -2.13. The average molecular weight is 338 g/mol. The largest absolute Gasteiger partial charge is 0.340 e. The summed E-state index contributed by atoms with van der Waals surface area (Å²) in [6.45, 7) is 0. The first-order valence-electron chi connectivity index (χ1n) is 7.69. The molecule has 2 nitrogen and oxygen atoms in total. The van der Waals surface area contributed by atoms with Gasteiger partial charge < -0.3 is 4.90 Å². The van der Waals surface area contributed by atoms with E-state index in [9.17, 15) is 13.2 Å². The molecule has 0 unspecified atom stereocenters. The zero-order valence-electron chi connectivity index (χ0n) is 13.3. The highest BCUT2D eigenvalue weighted by atomic mass is 19.1. The third-order valence-electron chi connectivity index (χ3n) is 4.33. The third-order valence-corrected chi connectivity index (χ3v) is 4.33. The Bertz CT molecular complexity index is 1090. The summed E-state index contributed by atoms with van der Waals surface area (Å²) in [5.74, 6) is -2.82. The predicted molar refractivity (Wildman–Crippen MR) is 93.6 cm³/mol. The molecule has 0 N–H and O–H groups in total. The number of nitrogens with zero attached hydrogens (tertiary/aromatic N) is 2. The van der Waals surface area contributed by atoms with Crippen LogP contribution in [0.2, 0.25) is 0 Å². The summed E-state index contributed by atoms with van der Waals surface area (Å²) in [4.78, 5) is 5.53. The second-order valence-corrected chi connectivity index (χ2v) is 5.84. The fourth-order valence-electron chi connectivity index (χ4n) is 3.08. The minimum Gasteiger partial charge on any atom is -0.340 e. The van der Waals surface area contributed by atoms with Crippen LogP contribution in [-0.4, -0.2) is 12.0 Å². The van der Waals surface area contributed by atoms with Gasteiger partial charge in [-0.2, -0.15) is 0 Å². The van der Waals surface area contributed by atoms with Crippen molar-refractivity contribution in [1.82, 2.24) is 4.98 Å². The monoisotopic (exact) mass is 338 g/mol. The van der Waals surface area contributed by atoms with Crippen LogP contribution in [-0.2, 0) is 0 Å². The molecule has 0 aliphatic carbocycles. The van der Waals surface area contributed by atoms with Gasteiger partial charge in [-0.05, 0) is 34.4 Å². The van der Waals surface area contributed by atoms with Gasteiger partial charge >= 0.3 is 0 Å². The highest BCUT2D eigenvalue weighted by molar-refractivity contribution is 6.07. The number of fused-ring (bicyclic) bond motifs is 3. The fourth-order valence-corrected chi connectivity index (χ4v) is 3.08. The summed E-state index contributed by atoms with van der Waals surface area (Å²) in [5.41, 5.74) is 0.309. The predicted octanol–water partition coefficient (Wildman–Crippen LogP) is 5.57. The van der Waals surface area contributed by atoms with Gasteiger partial charge in [0.15, 0.2) is 11.6 Å². The standard InChI is InChI=1S/C20H13F3N2/c1-25(20-18(22)9-14(21)10-19(20)23)15-4-5-16-13(8-15)3-2-12-6-7-24-11-17(12)16/h2-11H,1H3. The van der Waals surface area contributed by atoms with Crippen LogP contribution in [0.1, 0.15) is 0 Å². The molecule has 4 rings (SSSR count). The van der Waals surface area contributed by atoms with Crippen LogP contribution in [0.4, 0.5) is 24.5 Å². The molecule has 1 heterocycles. The van der Waals surface area contributed by atoms with Crippen molar-refractivity contribution in [2.24, 2.45) is 0 Å². The molecule has 0 saturated carbocycles. The summed E-state index contributed by atoms with van der Waals surface area (Å²) in [5, 5.41) is 4.00. The van der Waals surface area contributed by atoms with E-state index in [0.29, 0.717) is 17.8 Å². The Morgan fingerprint density at radius 3 is 2.28 bits per heavy atom. The SMILES string of the molecule is CN(c1ccc2c(ccc3ccncc32)c1)c1c(F)cc(F)cc1F. The summed E-state index contributed by atoms with van der Waals surface area (Å²) in [6.07, 6.45) is 3.52. The van der Waals surface area contributed by atoms with Crippen molar-refractivity contribution in [2.45, 2.75) is 0 Å². The summed E-state index contributed by atoms with van der Waals surface area (Å²) < 4.78 is 41.2. The quantitative estimate of drug-likeness (QED) is 0.444. The fraction of sp³-hybridized carbons (Fsp3) is 0.0500. The molecule has 25 heavy (non-hydrogen) atoms. The molecule has 1 aromatic heterocycles. The second kappa shape index (κ2) is 5.77. The molecule has 0 saturated heterocycles. The molecule has 0 aliphatic rings. The van der Waals surface area contributed by atoms with E-state index in [-0.39, 0.29) is 5.69 Å². The molecule has 0 radical (unpaired) electrons. The molecule has 4 aromatic rings. The summed E-state index contributed by atoms with van der Waals surface area (Å²) in [6, 6.07) is 12.7. The molecule has 0 atom stereocenters. The number of hydrogen-bond donors (Lipinski definition) is 0. The minimum atomic E-state index is -0.942. The first-order valence-corrected chi connectivity index (χ1v) is 7.69. The maximum Gasteiger partial charge on any atom is 0.152 e. The van der Waals surface area contributed by atoms with Crippen molar-refractivity contribution in [3.8, 4) is 0 Å². The zero-order valence-corrected chi connectivity index (χ0v) is 13.3. The van der Waals surface area contributed by atoms with Gasteiger partial charge in [0.2, 0.25) is 0 Å². The Labute approximate surface area is 142 Å². The van der Waals surface area contributed by atoms with Crippen molar-refractivity contribution in [2.75, 3.05) is 11.9 Å². The summed E-state index contributed by atoms with van der Waals surface area (Å²) >= 11 is 0. The Kier molecular flexibility index (Phi) is 3.57. The Hall–Kier alpha value is -3.08. The Morgan fingerprint density at radius 2 is 1.52 bits per heavy atom. The molecular weight excluding hydrogens is 325 g/mol. The van der Waals surface area contributed by atoms with Crippen LogP contribution in [0.5, 0.6) is 0 Å². The molecule has 3 aromatic carbocycles. The van der Waals surface area contributed by atoms with E-state index in [2.05, 4.69) is 4.98 Å². The highest BCUT2D eigenvalue weighted by Crippen LogP contribution is 2.33. The number of anilines is 2. The van der Waals surface area contributed by atoms with Crippen molar-refractivity contribution in [3.05, 3.63) is 78.4 Å². The van der Waals surface area contributed by atoms with Crippen molar-refractivity contribution < 1.29 is 13.2 Å². The van der Waals surface area contributed by atoms with Crippen LogP contribution >= 0.6 is 0 Å². The number of aromatic nitrogens is 1. The maximum atomic E-state index is 14.0. The van der Waals surface area contributed by atoms with Gasteiger partial charge in [-0.3, -0.25) is 4.98 Å². The van der Waals surface area contributed by atoms with E-state index >= 15 is 0 Å². The summed E-state index contributed by atoms with van der Waals surface area (Å²) in [7, 11) is 1.54. The average Bonchev–Trinajstić information content (AvgIpc) is 2.60.